The number of hydrogen-bond donors (Lipinski definition) is 2. The van der Waals surface area contributed by atoms with E-state index in [1.54, 1.807) is 0 Å². The molecule has 8 heteroatoms. The predicted molar refractivity (Wildman–Crippen MR) is 139 cm³/mol. The highest BCUT2D eigenvalue weighted by Gasteiger charge is 2.47. The minimum atomic E-state index is -2.95. The van der Waals surface area contributed by atoms with E-state index >= 15 is 0 Å². The van der Waals surface area contributed by atoms with E-state index in [1.807, 2.05) is 0 Å². The van der Waals surface area contributed by atoms with Crippen LogP contribution in [-0.4, -0.2) is 66.8 Å². The highest BCUT2D eigenvalue weighted by atomic mass is 16.6. The Balaban J connectivity index is 1.88. The van der Waals surface area contributed by atoms with Crippen LogP contribution in [-0.2, 0) is 19.1 Å². The lowest BCUT2D eigenvalue weighted by atomic mass is 9.80. The number of hydrogen-bond acceptors (Lipinski definition) is 8. The fourth-order valence-electron chi connectivity index (χ4n) is 4.46. The molecule has 8 nitrogen and oxygen atoms in total. The van der Waals surface area contributed by atoms with Crippen molar-refractivity contribution in [2.75, 3.05) is 0 Å². The summed E-state index contributed by atoms with van der Waals surface area (Å²) in [5, 5.41) is 22.3. The number of nitrogens with zero attached hydrogens (tertiary/aromatic N) is 2. The lowest BCUT2D eigenvalue weighted by molar-refractivity contribution is -0.259. The zero-order valence-electron chi connectivity index (χ0n) is 33.1. The first-order chi connectivity index (χ1) is 20.3. The van der Waals surface area contributed by atoms with Crippen molar-refractivity contribution < 1.29 is 43.2 Å². The van der Waals surface area contributed by atoms with Crippen LogP contribution in [0.3, 0.4) is 0 Å². The molecule has 210 valence electrons. The van der Waals surface area contributed by atoms with Gasteiger partial charge in [0, 0.05) is 71.5 Å². The van der Waals surface area contributed by atoms with Crippen molar-refractivity contribution in [2.45, 2.75) is 167 Å². The summed E-state index contributed by atoms with van der Waals surface area (Å²) in [6.45, 7) is 10.5. The summed E-state index contributed by atoms with van der Waals surface area (Å²) in [7, 11) is 0. The molecule has 2 rings (SSSR count). The number of hydroxylamine groups is 4. The fourth-order valence-corrected chi connectivity index (χ4v) is 4.46. The molecule has 0 radical (unpaired) electrons. The average molecular weight is 523 g/mol. The molecule has 2 saturated heterocycles. The molecule has 2 heterocycles. The number of carbonyl (C=O) groups excluding carboxylic acids is 2. The van der Waals surface area contributed by atoms with E-state index in [1.165, 1.54) is 55.4 Å². The standard InChI is InChI=1S/C28H52N2O6/c1-25(2)17-21(18-26(3,4)29(25)33)35-23(31)15-13-11-9-10-12-14-16-24(32)36-22-19-27(5,6)30(34)28(7,8)20-22/h21-22,33-34H,9-20H2,1-8H3/i17D2,18D2,19D2,20D2,21D,22D. The average Bonchev–Trinajstić information content (AvgIpc) is 2.91. The lowest BCUT2D eigenvalue weighted by Crippen LogP contribution is -2.60. The summed E-state index contributed by atoms with van der Waals surface area (Å²) in [6, 6.07) is 0. The first kappa shape index (κ1) is 18.9. The molecule has 36 heavy (non-hydrogen) atoms. The Labute approximate surface area is 232 Å². The molecule has 0 aliphatic carbocycles. The van der Waals surface area contributed by atoms with Crippen LogP contribution in [0.2, 0.25) is 0 Å². The van der Waals surface area contributed by atoms with E-state index in [2.05, 4.69) is 0 Å². The van der Waals surface area contributed by atoms with Crippen molar-refractivity contribution in [2.24, 2.45) is 0 Å². The molecule has 0 aromatic heterocycles. The number of piperidine rings is 2. The summed E-state index contributed by atoms with van der Waals surface area (Å²) in [5.74, 6) is -1.88. The van der Waals surface area contributed by atoms with E-state index in [0.717, 1.165) is 0 Å². The van der Waals surface area contributed by atoms with Crippen molar-refractivity contribution in [3.8, 4) is 0 Å². The van der Waals surface area contributed by atoms with Crippen LogP contribution in [0.4, 0.5) is 0 Å². The second kappa shape index (κ2) is 12.1. The second-order valence-corrected chi connectivity index (χ2v) is 11.6. The first-order valence-electron chi connectivity index (χ1n) is 17.7. The van der Waals surface area contributed by atoms with E-state index in [9.17, 15) is 20.0 Å². The normalized spacial score (nSPS) is 35.8. The van der Waals surface area contributed by atoms with Gasteiger partial charge in [-0.2, -0.15) is 10.1 Å². The number of ether oxygens (including phenoxy) is 2. The highest BCUT2D eigenvalue weighted by molar-refractivity contribution is 5.69. The van der Waals surface area contributed by atoms with E-state index in [4.69, 9.17) is 23.2 Å². The third-order valence-electron chi connectivity index (χ3n) is 6.24. The van der Waals surface area contributed by atoms with Gasteiger partial charge in [-0.1, -0.05) is 25.7 Å². The van der Waals surface area contributed by atoms with Crippen LogP contribution in [0.15, 0.2) is 0 Å². The second-order valence-electron chi connectivity index (χ2n) is 11.6. The molecule has 0 unspecified atom stereocenters. The van der Waals surface area contributed by atoms with Crippen LogP contribution < -0.4 is 0 Å². The maximum atomic E-state index is 12.7. The Kier molecular flexibility index (Phi) is 6.36. The zero-order valence-corrected chi connectivity index (χ0v) is 23.1. The molecule has 0 amide bonds. The molecule has 2 N–H and O–H groups in total. The summed E-state index contributed by atoms with van der Waals surface area (Å²) in [5.41, 5.74) is -7.06. The molecule has 2 aliphatic heterocycles. The molecule has 0 atom stereocenters. The first-order valence-corrected chi connectivity index (χ1v) is 12.7. The molecule has 2 aliphatic rings. The van der Waals surface area contributed by atoms with Crippen molar-refractivity contribution in [3.63, 3.8) is 0 Å². The van der Waals surface area contributed by atoms with Gasteiger partial charge < -0.3 is 19.9 Å². The van der Waals surface area contributed by atoms with Crippen molar-refractivity contribution in [1.29, 1.82) is 0 Å². The maximum Gasteiger partial charge on any atom is 0.306 e. The molecular weight excluding hydrogens is 460 g/mol. The summed E-state index contributed by atoms with van der Waals surface area (Å²) < 4.78 is 96.0. The number of unbranched alkanes of at least 4 members (excludes halogenated alkanes) is 5. The molecular formula is C28H52N2O6. The molecule has 2 fully saturated rings. The van der Waals surface area contributed by atoms with Gasteiger partial charge in [0.25, 0.3) is 0 Å². The van der Waals surface area contributed by atoms with Gasteiger partial charge in [-0.25, -0.2) is 0 Å². The zero-order chi connectivity index (χ0) is 36.4. The third kappa shape index (κ3) is 8.67. The van der Waals surface area contributed by atoms with Crippen molar-refractivity contribution in [1.82, 2.24) is 10.1 Å². The van der Waals surface area contributed by atoms with Gasteiger partial charge in [-0.3, -0.25) is 9.59 Å². The molecule has 0 saturated carbocycles. The Hall–Kier alpha value is -1.22. The predicted octanol–water partition coefficient (Wildman–Crippen LogP) is 6.02. The molecule has 0 aromatic rings. The third-order valence-corrected chi connectivity index (χ3v) is 6.24. The number of rotatable bonds is 11. The Bertz CT molecular complexity index is 1020. The van der Waals surface area contributed by atoms with Gasteiger partial charge in [0.05, 0.1) is 2.74 Å². The van der Waals surface area contributed by atoms with Crippen LogP contribution >= 0.6 is 0 Å². The van der Waals surface area contributed by atoms with E-state index in [-0.39, 0.29) is 12.8 Å². The molecule has 0 aromatic carbocycles. The Morgan fingerprint density at radius 2 is 0.917 bits per heavy atom. The van der Waals surface area contributed by atoms with Gasteiger partial charge in [0.15, 0.2) is 0 Å². The monoisotopic (exact) mass is 522 g/mol. The van der Waals surface area contributed by atoms with Crippen molar-refractivity contribution in [3.05, 3.63) is 0 Å². The van der Waals surface area contributed by atoms with Crippen LogP contribution in [0.5, 0.6) is 0 Å². The van der Waals surface area contributed by atoms with Gasteiger partial charge >= 0.3 is 11.9 Å². The fraction of sp³-hybridized carbons (Fsp3) is 0.929. The summed E-state index contributed by atoms with van der Waals surface area (Å²) in [6.07, 6.45) is -14.4. The highest BCUT2D eigenvalue weighted by Crippen LogP contribution is 2.39. The quantitative estimate of drug-likeness (QED) is 0.251. The smallest absolute Gasteiger partial charge is 0.306 e. The summed E-state index contributed by atoms with van der Waals surface area (Å²) >= 11 is 0. The maximum absolute atomic E-state index is 12.7. The van der Waals surface area contributed by atoms with Gasteiger partial charge in [-0.15, -0.1) is 0 Å². The van der Waals surface area contributed by atoms with Gasteiger partial charge in [-0.05, 0) is 68.2 Å². The lowest BCUT2D eigenvalue weighted by Gasteiger charge is -2.50. The molecule has 0 bridgehead atoms. The Morgan fingerprint density at radius 3 is 1.19 bits per heavy atom. The largest absolute Gasteiger partial charge is 0.462 e. The van der Waals surface area contributed by atoms with Crippen LogP contribution in [0.25, 0.3) is 0 Å². The topological polar surface area (TPSA) is 99.5 Å². The number of carbonyl (C=O) groups is 2. The van der Waals surface area contributed by atoms with Gasteiger partial charge in [0.1, 0.15) is 12.2 Å². The van der Waals surface area contributed by atoms with E-state index in [0.29, 0.717) is 48.7 Å². The van der Waals surface area contributed by atoms with Crippen LogP contribution in [0, 0.1) is 0 Å². The van der Waals surface area contributed by atoms with Crippen LogP contribution in [0.1, 0.15) is 146 Å². The summed E-state index contributed by atoms with van der Waals surface area (Å²) in [4.78, 5) is 25.4. The minimum Gasteiger partial charge on any atom is -0.462 e. The van der Waals surface area contributed by atoms with E-state index < -0.39 is 71.7 Å². The van der Waals surface area contributed by atoms with Gasteiger partial charge in [0.2, 0.25) is 0 Å². The minimum absolute atomic E-state index is 0.184. The molecule has 0 spiro atoms. The number of esters is 2. The SMILES string of the molecule is [2H]C1([2H])C(C)(C)N(O)C(C)(C)C([2H])([2H])C1([2H])OC(=O)CCCCCCCCC(=O)OC1([2H])C([2H])([2H])C(C)(C)N(O)C(C)(C)C1([2H])[2H]. The van der Waals surface area contributed by atoms with Crippen molar-refractivity contribution >= 4 is 11.9 Å². The Morgan fingerprint density at radius 1 is 0.667 bits per heavy atom.